The van der Waals surface area contributed by atoms with Gasteiger partial charge in [0.1, 0.15) is 23.0 Å². The van der Waals surface area contributed by atoms with Crippen LogP contribution in [0.3, 0.4) is 0 Å². The Labute approximate surface area is 195 Å². The largest absolute Gasteiger partial charge is 0.434 e. The molecule has 36 heavy (non-hydrogen) atoms. The van der Waals surface area contributed by atoms with E-state index in [4.69, 9.17) is 5.73 Å². The molecule has 184 valence electrons. The van der Waals surface area contributed by atoms with Crippen LogP contribution in [-0.4, -0.2) is 40.6 Å². The molecule has 0 aliphatic rings. The van der Waals surface area contributed by atoms with E-state index >= 15 is 0 Å². The highest BCUT2D eigenvalue weighted by Crippen LogP contribution is 2.38. The summed E-state index contributed by atoms with van der Waals surface area (Å²) < 4.78 is 81.9. The molecule has 1 amide bonds. The van der Waals surface area contributed by atoms with Crippen LogP contribution in [0.2, 0.25) is 0 Å². The van der Waals surface area contributed by atoms with E-state index in [0.717, 1.165) is 23.1 Å². The van der Waals surface area contributed by atoms with E-state index in [9.17, 15) is 36.4 Å². The van der Waals surface area contributed by atoms with Gasteiger partial charge in [-0.2, -0.15) is 46.9 Å². The summed E-state index contributed by atoms with van der Waals surface area (Å²) in [4.78, 5) is 21.0. The maximum Gasteiger partial charge on any atom is 0.434 e. The van der Waals surface area contributed by atoms with Gasteiger partial charge < -0.3 is 11.1 Å². The molecule has 4 aromatic heterocycles. The third-order valence-corrected chi connectivity index (χ3v) is 4.54. The fraction of sp³-hybridized carbons (Fsp3) is 0.105. The number of alkyl halides is 6. The summed E-state index contributed by atoms with van der Waals surface area (Å²) in [5.74, 6) is -3.17. The van der Waals surface area contributed by atoms with Gasteiger partial charge in [-0.3, -0.25) is 4.79 Å². The molecule has 0 atom stereocenters. The number of amides is 1. The minimum Gasteiger partial charge on any atom is -0.384 e. The van der Waals surface area contributed by atoms with Gasteiger partial charge in [0.25, 0.3) is 5.91 Å². The second kappa shape index (κ2) is 8.65. The van der Waals surface area contributed by atoms with Crippen molar-refractivity contribution in [2.45, 2.75) is 12.4 Å². The van der Waals surface area contributed by atoms with Crippen molar-refractivity contribution in [3.63, 3.8) is 0 Å². The Morgan fingerprint density at radius 1 is 1.00 bits per heavy atom. The fourth-order valence-corrected chi connectivity index (χ4v) is 3.08. The highest BCUT2D eigenvalue weighted by Gasteiger charge is 2.43. The average molecular weight is 508 g/mol. The first-order chi connectivity index (χ1) is 16.9. The summed E-state index contributed by atoms with van der Waals surface area (Å²) in [5, 5.41) is 22.4. The van der Waals surface area contributed by atoms with E-state index in [2.05, 4.69) is 30.6 Å². The van der Waals surface area contributed by atoms with Crippen LogP contribution in [0.15, 0.2) is 43.0 Å². The van der Waals surface area contributed by atoms with E-state index in [1.807, 2.05) is 0 Å². The summed E-state index contributed by atoms with van der Waals surface area (Å²) >= 11 is 0. The van der Waals surface area contributed by atoms with Gasteiger partial charge in [-0.25, -0.2) is 14.6 Å². The molecule has 0 saturated heterocycles. The van der Waals surface area contributed by atoms with Crippen LogP contribution >= 0.6 is 0 Å². The van der Waals surface area contributed by atoms with Crippen LogP contribution in [0.1, 0.15) is 27.2 Å². The number of halogens is 6. The summed E-state index contributed by atoms with van der Waals surface area (Å²) in [6.07, 6.45) is -6.34. The molecule has 0 aromatic carbocycles. The summed E-state index contributed by atoms with van der Waals surface area (Å²) in [7, 11) is 0. The van der Waals surface area contributed by atoms with Crippen molar-refractivity contribution in [1.29, 1.82) is 5.26 Å². The molecule has 0 fully saturated rings. The third-order valence-electron chi connectivity index (χ3n) is 4.54. The number of nitrogens with zero attached hydrogens (tertiary/aromatic N) is 8. The van der Waals surface area contributed by atoms with Crippen molar-refractivity contribution >= 4 is 17.4 Å². The Balaban J connectivity index is 1.76. The zero-order valence-corrected chi connectivity index (χ0v) is 17.4. The molecule has 0 saturated carbocycles. The monoisotopic (exact) mass is 508 g/mol. The first kappa shape index (κ1) is 24.1. The Bertz CT molecular complexity index is 1480. The van der Waals surface area contributed by atoms with Gasteiger partial charge in [0, 0.05) is 0 Å². The van der Waals surface area contributed by atoms with Crippen LogP contribution in [0.25, 0.3) is 11.6 Å². The number of aromatic nitrogens is 7. The molecular weight excluding hydrogens is 498 g/mol. The summed E-state index contributed by atoms with van der Waals surface area (Å²) in [6, 6.07) is 4.10. The van der Waals surface area contributed by atoms with E-state index < -0.39 is 46.7 Å². The van der Waals surface area contributed by atoms with Crippen molar-refractivity contribution in [2.24, 2.45) is 0 Å². The van der Waals surface area contributed by atoms with Gasteiger partial charge >= 0.3 is 12.4 Å². The number of carbonyl (C=O) groups excluding carboxylic acids is 1. The first-order valence-electron chi connectivity index (χ1n) is 9.47. The lowest BCUT2D eigenvalue weighted by Crippen LogP contribution is -2.23. The lowest BCUT2D eigenvalue weighted by atomic mass is 10.2. The molecule has 0 bridgehead atoms. The van der Waals surface area contributed by atoms with Crippen LogP contribution < -0.4 is 11.1 Å². The molecule has 0 aliphatic heterocycles. The normalized spacial score (nSPS) is 11.8. The fourth-order valence-electron chi connectivity index (χ4n) is 3.08. The van der Waals surface area contributed by atoms with Crippen molar-refractivity contribution in [1.82, 2.24) is 34.7 Å². The Morgan fingerprint density at radius 3 is 2.31 bits per heavy atom. The summed E-state index contributed by atoms with van der Waals surface area (Å²) in [5.41, 5.74) is 0.576. The zero-order chi connectivity index (χ0) is 26.3. The highest BCUT2D eigenvalue weighted by molar-refractivity contribution is 6.05. The first-order valence-corrected chi connectivity index (χ1v) is 9.47. The third kappa shape index (κ3) is 4.51. The standard InChI is InChI=1S/C19H10F6N10O/c20-18(21,22)12-1-2-13(27)33-16(12)34-14(19(23,24)25)11(8-31-34)17(36)32-10-5-9(6-26)15(28-7-10)35-29-3-4-30-35/h1-5,7-8H,(H2,27,33)(H,32,36). The molecule has 11 nitrogen and oxygen atoms in total. The summed E-state index contributed by atoms with van der Waals surface area (Å²) in [6.45, 7) is 0. The maximum absolute atomic E-state index is 13.9. The number of nitrogen functional groups attached to an aromatic ring is 1. The Kier molecular flexibility index (Phi) is 5.79. The van der Waals surface area contributed by atoms with Crippen molar-refractivity contribution < 1.29 is 31.1 Å². The molecule has 4 aromatic rings. The molecule has 4 rings (SSSR count). The molecule has 0 aliphatic carbocycles. The lowest BCUT2D eigenvalue weighted by molar-refractivity contribution is -0.145. The van der Waals surface area contributed by atoms with E-state index in [1.54, 1.807) is 6.07 Å². The average Bonchev–Trinajstić information content (AvgIpc) is 3.48. The molecular formula is C19H10F6N10O. The Morgan fingerprint density at radius 2 is 1.69 bits per heavy atom. The van der Waals surface area contributed by atoms with Crippen LogP contribution in [0, 0.1) is 11.3 Å². The van der Waals surface area contributed by atoms with Gasteiger partial charge in [-0.15, -0.1) is 4.80 Å². The number of anilines is 2. The topological polar surface area (TPSA) is 153 Å². The number of pyridine rings is 2. The van der Waals surface area contributed by atoms with E-state index in [-0.39, 0.29) is 21.8 Å². The van der Waals surface area contributed by atoms with E-state index in [1.165, 1.54) is 12.4 Å². The molecule has 17 heteroatoms. The number of rotatable bonds is 4. The number of nitrogens with one attached hydrogen (secondary N) is 1. The Hall–Kier alpha value is -5.01. The minimum atomic E-state index is -5.33. The minimum absolute atomic E-state index is 0.0169. The number of hydrogen-bond donors (Lipinski definition) is 2. The zero-order valence-electron chi connectivity index (χ0n) is 17.4. The van der Waals surface area contributed by atoms with Crippen LogP contribution in [0.5, 0.6) is 0 Å². The SMILES string of the molecule is N#Cc1cc(NC(=O)c2cnn(-c3nc(N)ccc3C(F)(F)F)c2C(F)(F)F)cnc1-n1nccn1. The number of nitrogens with two attached hydrogens (primary N) is 1. The second-order valence-corrected chi connectivity index (χ2v) is 6.90. The molecule has 3 N–H and O–H groups in total. The van der Waals surface area contributed by atoms with Crippen molar-refractivity contribution in [3.05, 3.63) is 65.4 Å². The number of hydrogen-bond acceptors (Lipinski definition) is 8. The smallest absolute Gasteiger partial charge is 0.384 e. The van der Waals surface area contributed by atoms with E-state index in [0.29, 0.717) is 12.3 Å². The number of carbonyl (C=O) groups is 1. The van der Waals surface area contributed by atoms with Gasteiger partial charge in [-0.1, -0.05) is 0 Å². The lowest BCUT2D eigenvalue weighted by Gasteiger charge is -2.16. The predicted octanol–water partition coefficient (Wildman–Crippen LogP) is 2.99. The van der Waals surface area contributed by atoms with Crippen molar-refractivity contribution in [2.75, 3.05) is 11.1 Å². The molecule has 0 radical (unpaired) electrons. The van der Waals surface area contributed by atoms with Crippen LogP contribution in [0.4, 0.5) is 37.8 Å². The van der Waals surface area contributed by atoms with Gasteiger partial charge in [0.05, 0.1) is 36.0 Å². The predicted molar refractivity (Wildman–Crippen MR) is 108 cm³/mol. The van der Waals surface area contributed by atoms with Gasteiger partial charge in [0.2, 0.25) is 0 Å². The van der Waals surface area contributed by atoms with Crippen LogP contribution in [-0.2, 0) is 12.4 Å². The quantitative estimate of drug-likeness (QED) is 0.399. The molecule has 0 spiro atoms. The molecule has 4 heterocycles. The number of nitriles is 1. The maximum atomic E-state index is 13.9. The van der Waals surface area contributed by atoms with Crippen molar-refractivity contribution in [3.8, 4) is 17.7 Å². The van der Waals surface area contributed by atoms with Gasteiger partial charge in [0.15, 0.2) is 17.3 Å². The highest BCUT2D eigenvalue weighted by atomic mass is 19.4. The molecule has 0 unspecified atom stereocenters. The van der Waals surface area contributed by atoms with Gasteiger partial charge in [-0.05, 0) is 18.2 Å². The second-order valence-electron chi connectivity index (χ2n) is 6.90.